The molecule has 0 spiro atoms. The van der Waals surface area contributed by atoms with E-state index in [9.17, 15) is 0 Å². The molecule has 1 unspecified atom stereocenters. The normalized spacial score (nSPS) is 14.8. The molecule has 0 aromatic carbocycles. The quantitative estimate of drug-likeness (QED) is 0.541. The Balaban J connectivity index is 1.45. The molecule has 0 aliphatic heterocycles. The number of aromatic amines is 1. The second-order valence-corrected chi connectivity index (χ2v) is 8.33. The lowest BCUT2D eigenvalue weighted by Gasteiger charge is -2.15. The maximum Gasteiger partial charge on any atom is 0.199 e. The third-order valence-corrected chi connectivity index (χ3v) is 6.36. The summed E-state index contributed by atoms with van der Waals surface area (Å²) in [5.41, 5.74) is 3.32. The minimum Gasteiger partial charge on any atom is -0.360 e. The van der Waals surface area contributed by atoms with Crippen LogP contribution in [0.4, 0.5) is 5.82 Å². The number of nitrogens with one attached hydrogen (secondary N) is 2. The van der Waals surface area contributed by atoms with Crippen LogP contribution in [0, 0.1) is 6.92 Å². The van der Waals surface area contributed by atoms with E-state index in [2.05, 4.69) is 42.4 Å². The number of H-pyrrole nitrogens is 1. The molecule has 4 aromatic rings. The van der Waals surface area contributed by atoms with Gasteiger partial charge in [0.05, 0.1) is 11.4 Å². The maximum atomic E-state index is 4.64. The van der Waals surface area contributed by atoms with Gasteiger partial charge in [-0.05, 0) is 62.8 Å². The van der Waals surface area contributed by atoms with Crippen LogP contribution in [-0.4, -0.2) is 30.1 Å². The third kappa shape index (κ3) is 3.03. The van der Waals surface area contributed by atoms with E-state index in [0.717, 1.165) is 40.6 Å². The van der Waals surface area contributed by atoms with Gasteiger partial charge in [-0.3, -0.25) is 10.1 Å². The summed E-state index contributed by atoms with van der Waals surface area (Å²) in [7, 11) is 0. The van der Waals surface area contributed by atoms with Crippen molar-refractivity contribution in [1.29, 1.82) is 0 Å². The molecule has 142 valence electrons. The number of pyridine rings is 1. The first-order chi connectivity index (χ1) is 13.7. The van der Waals surface area contributed by atoms with E-state index >= 15 is 0 Å². The van der Waals surface area contributed by atoms with Crippen molar-refractivity contribution in [3.8, 4) is 11.5 Å². The van der Waals surface area contributed by atoms with Crippen LogP contribution in [0.15, 0.2) is 24.7 Å². The van der Waals surface area contributed by atoms with Crippen molar-refractivity contribution in [2.24, 2.45) is 0 Å². The molecule has 0 bridgehead atoms. The van der Waals surface area contributed by atoms with Gasteiger partial charge in [0.1, 0.15) is 28.5 Å². The molecular weight excluding hydrogens is 370 g/mol. The van der Waals surface area contributed by atoms with Gasteiger partial charge in [0.25, 0.3) is 0 Å². The topological polar surface area (TPSA) is 92.3 Å². The summed E-state index contributed by atoms with van der Waals surface area (Å²) in [6.45, 7) is 4.09. The standard InChI is InChI=1S/C20H21N7S/c1-11-7-8-21-14(9-11)18-25-17(26-27-18)12(2)24-19-16-13-5-3-4-6-15(13)28-20(16)23-10-22-19/h7-10,12H,3-6H2,1-2H3,(H,22,23,24)(H,25,26,27). The molecule has 4 heterocycles. The van der Waals surface area contributed by atoms with E-state index in [1.807, 2.05) is 19.1 Å². The lowest BCUT2D eigenvalue weighted by molar-refractivity contribution is 0.700. The fourth-order valence-corrected chi connectivity index (χ4v) is 4.94. The SMILES string of the molecule is Cc1ccnc(-c2n[nH]c(C(C)Nc3ncnc4sc5c(c34)CCCC5)n2)c1. The number of aromatic nitrogens is 6. The zero-order chi connectivity index (χ0) is 19.1. The summed E-state index contributed by atoms with van der Waals surface area (Å²) in [5, 5.41) is 12.1. The minimum absolute atomic E-state index is 0.0664. The molecule has 0 fully saturated rings. The number of fused-ring (bicyclic) bond motifs is 3. The number of hydrogen-bond donors (Lipinski definition) is 2. The Hall–Kier alpha value is -2.87. The first-order valence-electron chi connectivity index (χ1n) is 9.56. The van der Waals surface area contributed by atoms with Gasteiger partial charge in [0.15, 0.2) is 5.82 Å². The van der Waals surface area contributed by atoms with Crippen molar-refractivity contribution in [2.45, 2.75) is 45.6 Å². The van der Waals surface area contributed by atoms with Crippen LogP contribution in [0.25, 0.3) is 21.7 Å². The molecule has 5 rings (SSSR count). The summed E-state index contributed by atoms with van der Waals surface area (Å²) >= 11 is 1.80. The van der Waals surface area contributed by atoms with Crippen molar-refractivity contribution < 1.29 is 0 Å². The van der Waals surface area contributed by atoms with Gasteiger partial charge < -0.3 is 5.32 Å². The van der Waals surface area contributed by atoms with Crippen LogP contribution in [0.2, 0.25) is 0 Å². The molecule has 1 atom stereocenters. The Bertz CT molecular complexity index is 1150. The number of rotatable bonds is 4. The van der Waals surface area contributed by atoms with Gasteiger partial charge in [0, 0.05) is 11.1 Å². The summed E-state index contributed by atoms with van der Waals surface area (Å²) in [5.74, 6) is 2.24. The number of hydrogen-bond acceptors (Lipinski definition) is 7. The predicted octanol–water partition coefficient (Wildman–Crippen LogP) is 4.23. The third-order valence-electron chi connectivity index (χ3n) is 5.16. The van der Waals surface area contributed by atoms with Crippen LogP contribution in [0.3, 0.4) is 0 Å². The average Bonchev–Trinajstić information content (AvgIpc) is 3.33. The summed E-state index contributed by atoms with van der Waals surface area (Å²) in [6.07, 6.45) is 8.18. The van der Waals surface area contributed by atoms with Crippen molar-refractivity contribution in [2.75, 3.05) is 5.32 Å². The highest BCUT2D eigenvalue weighted by Crippen LogP contribution is 2.38. The van der Waals surface area contributed by atoms with E-state index < -0.39 is 0 Å². The van der Waals surface area contributed by atoms with Gasteiger partial charge in [-0.25, -0.2) is 15.0 Å². The van der Waals surface area contributed by atoms with E-state index in [-0.39, 0.29) is 6.04 Å². The van der Waals surface area contributed by atoms with Crippen LogP contribution in [0.5, 0.6) is 0 Å². The molecule has 0 amide bonds. The molecule has 0 saturated carbocycles. The van der Waals surface area contributed by atoms with Crippen molar-refractivity contribution in [3.05, 3.63) is 46.5 Å². The van der Waals surface area contributed by atoms with E-state index in [1.54, 1.807) is 23.9 Å². The first kappa shape index (κ1) is 17.2. The molecule has 7 nitrogen and oxygen atoms in total. The van der Waals surface area contributed by atoms with Gasteiger partial charge in [-0.1, -0.05) is 0 Å². The number of thiophene rings is 1. The van der Waals surface area contributed by atoms with E-state index in [1.165, 1.54) is 28.7 Å². The van der Waals surface area contributed by atoms with Crippen molar-refractivity contribution >= 4 is 27.4 Å². The molecule has 0 saturated heterocycles. The molecule has 4 aromatic heterocycles. The summed E-state index contributed by atoms with van der Waals surface area (Å²) < 4.78 is 0. The molecule has 1 aliphatic rings. The van der Waals surface area contributed by atoms with Gasteiger partial charge in [-0.2, -0.15) is 5.10 Å². The minimum atomic E-state index is -0.0664. The van der Waals surface area contributed by atoms with E-state index in [4.69, 9.17) is 0 Å². The Labute approximate surface area is 166 Å². The van der Waals surface area contributed by atoms with E-state index in [0.29, 0.717) is 5.82 Å². The number of aryl methyl sites for hydroxylation is 3. The largest absolute Gasteiger partial charge is 0.360 e. The lowest BCUT2D eigenvalue weighted by atomic mass is 9.97. The molecule has 2 N–H and O–H groups in total. The Kier molecular flexibility index (Phi) is 4.27. The number of anilines is 1. The Morgan fingerprint density at radius 2 is 2.07 bits per heavy atom. The molecule has 8 heteroatoms. The predicted molar refractivity (Wildman–Crippen MR) is 110 cm³/mol. The summed E-state index contributed by atoms with van der Waals surface area (Å²) in [4.78, 5) is 20.6. The summed E-state index contributed by atoms with van der Waals surface area (Å²) in [6, 6.07) is 3.88. The second-order valence-electron chi connectivity index (χ2n) is 7.24. The maximum absolute atomic E-state index is 4.64. The highest BCUT2D eigenvalue weighted by atomic mass is 32.1. The Morgan fingerprint density at radius 3 is 2.96 bits per heavy atom. The highest BCUT2D eigenvalue weighted by Gasteiger charge is 2.21. The molecule has 0 radical (unpaired) electrons. The van der Waals surface area contributed by atoms with Crippen LogP contribution < -0.4 is 5.32 Å². The van der Waals surface area contributed by atoms with Crippen LogP contribution in [-0.2, 0) is 12.8 Å². The monoisotopic (exact) mass is 391 g/mol. The Morgan fingerprint density at radius 1 is 1.18 bits per heavy atom. The van der Waals surface area contributed by atoms with Crippen LogP contribution in [0.1, 0.15) is 47.6 Å². The molecular formula is C20H21N7S. The zero-order valence-electron chi connectivity index (χ0n) is 15.9. The molecule has 28 heavy (non-hydrogen) atoms. The second kappa shape index (κ2) is 6.94. The van der Waals surface area contributed by atoms with Crippen molar-refractivity contribution in [3.63, 3.8) is 0 Å². The van der Waals surface area contributed by atoms with Gasteiger partial charge in [0.2, 0.25) is 0 Å². The van der Waals surface area contributed by atoms with Crippen LogP contribution >= 0.6 is 11.3 Å². The van der Waals surface area contributed by atoms with Crippen molar-refractivity contribution in [1.82, 2.24) is 30.1 Å². The average molecular weight is 392 g/mol. The fraction of sp³-hybridized carbons (Fsp3) is 0.350. The molecule has 1 aliphatic carbocycles. The zero-order valence-corrected chi connectivity index (χ0v) is 16.7. The number of nitrogens with zero attached hydrogens (tertiary/aromatic N) is 5. The van der Waals surface area contributed by atoms with Gasteiger partial charge >= 0.3 is 0 Å². The lowest BCUT2D eigenvalue weighted by Crippen LogP contribution is -2.11. The fourth-order valence-electron chi connectivity index (χ4n) is 3.71. The van der Waals surface area contributed by atoms with Gasteiger partial charge in [-0.15, -0.1) is 11.3 Å². The highest BCUT2D eigenvalue weighted by molar-refractivity contribution is 7.19. The first-order valence-corrected chi connectivity index (χ1v) is 10.4. The smallest absolute Gasteiger partial charge is 0.199 e.